The summed E-state index contributed by atoms with van der Waals surface area (Å²) >= 11 is 2.77. The van der Waals surface area contributed by atoms with Gasteiger partial charge in [-0.15, -0.1) is 10.2 Å². The van der Waals surface area contributed by atoms with Crippen LogP contribution in [-0.2, 0) is 18.4 Å². The van der Waals surface area contributed by atoms with Gasteiger partial charge in [-0.2, -0.15) is 5.10 Å². The molecule has 2 N–H and O–H groups in total. The Kier molecular flexibility index (Phi) is 7.20. The minimum atomic E-state index is -0.334. The normalized spacial score (nSPS) is 10.9. The minimum absolute atomic E-state index is 0.309. The number of hydrogen-bond acceptors (Lipinski definition) is 8. The molecule has 0 bridgehead atoms. The van der Waals surface area contributed by atoms with Gasteiger partial charge in [-0.25, -0.2) is 4.98 Å². The Balaban J connectivity index is 1.58. The van der Waals surface area contributed by atoms with Crippen LogP contribution in [0.15, 0.2) is 75.0 Å². The smallest absolute Gasteiger partial charge is 0.276 e. The molecular formula is C21H21N7O2S2. The predicted octanol–water partition coefficient (Wildman–Crippen LogP) is 4.02. The summed E-state index contributed by atoms with van der Waals surface area (Å²) in [4.78, 5) is 22.3. The van der Waals surface area contributed by atoms with Gasteiger partial charge in [0.2, 0.25) is 0 Å². The first-order chi connectivity index (χ1) is 15.6. The summed E-state index contributed by atoms with van der Waals surface area (Å²) in [5.41, 5.74) is 1.41. The maximum absolute atomic E-state index is 13.1. The van der Waals surface area contributed by atoms with E-state index in [2.05, 4.69) is 30.6 Å². The maximum Gasteiger partial charge on any atom is 0.276 e. The van der Waals surface area contributed by atoms with Gasteiger partial charge < -0.3 is 15.0 Å². The third-order valence-corrected chi connectivity index (χ3v) is 6.11. The zero-order valence-corrected chi connectivity index (χ0v) is 19.1. The van der Waals surface area contributed by atoms with Crippen LogP contribution in [0.3, 0.4) is 0 Å². The Bertz CT molecular complexity index is 1180. The number of aromatic nitrogens is 6. The van der Waals surface area contributed by atoms with E-state index in [-0.39, 0.29) is 5.91 Å². The van der Waals surface area contributed by atoms with Crippen molar-refractivity contribution < 1.29 is 9.53 Å². The zero-order chi connectivity index (χ0) is 22.3. The van der Waals surface area contributed by atoms with E-state index in [0.717, 1.165) is 15.4 Å². The molecule has 0 saturated carbocycles. The maximum atomic E-state index is 13.1. The van der Waals surface area contributed by atoms with E-state index in [0.29, 0.717) is 34.9 Å². The molecule has 32 heavy (non-hydrogen) atoms. The number of aromatic amines is 1. The van der Waals surface area contributed by atoms with Crippen molar-refractivity contribution in [2.45, 2.75) is 33.5 Å². The lowest BCUT2D eigenvalue weighted by atomic mass is 10.2. The Morgan fingerprint density at radius 2 is 2.00 bits per heavy atom. The number of rotatable bonds is 9. The van der Waals surface area contributed by atoms with Crippen molar-refractivity contribution in [3.63, 3.8) is 0 Å². The van der Waals surface area contributed by atoms with Gasteiger partial charge in [0, 0.05) is 35.7 Å². The van der Waals surface area contributed by atoms with E-state index in [1.165, 1.54) is 29.9 Å². The number of anilines is 1. The summed E-state index contributed by atoms with van der Waals surface area (Å²) in [6, 6.07) is 13.5. The number of carbonyl (C=O) groups excluding carboxylic acids is 1. The second-order valence-corrected chi connectivity index (χ2v) is 8.73. The van der Waals surface area contributed by atoms with Gasteiger partial charge in [0.25, 0.3) is 5.91 Å². The van der Waals surface area contributed by atoms with Crippen LogP contribution in [0.4, 0.5) is 5.82 Å². The first-order valence-electron chi connectivity index (χ1n) is 9.81. The number of hydrogen-bond donors (Lipinski definition) is 2. The van der Waals surface area contributed by atoms with Gasteiger partial charge >= 0.3 is 0 Å². The molecule has 3 heterocycles. The average Bonchev–Trinajstić information content (AvgIpc) is 3.46. The van der Waals surface area contributed by atoms with Crippen LogP contribution in [0.5, 0.6) is 0 Å². The van der Waals surface area contributed by atoms with E-state index < -0.39 is 0 Å². The van der Waals surface area contributed by atoms with Gasteiger partial charge in [0.15, 0.2) is 11.0 Å². The van der Waals surface area contributed by atoms with Gasteiger partial charge in [0.1, 0.15) is 17.0 Å². The molecule has 0 saturated heterocycles. The van der Waals surface area contributed by atoms with Crippen LogP contribution in [0.1, 0.15) is 23.0 Å². The van der Waals surface area contributed by atoms with Crippen molar-refractivity contribution in [1.29, 1.82) is 0 Å². The molecule has 164 valence electrons. The van der Waals surface area contributed by atoms with Crippen molar-refractivity contribution in [3.05, 3.63) is 66.2 Å². The molecule has 0 spiro atoms. The highest BCUT2D eigenvalue weighted by Gasteiger charge is 2.18. The lowest BCUT2D eigenvalue weighted by molar-refractivity contribution is 0.101. The summed E-state index contributed by atoms with van der Waals surface area (Å²) in [7, 11) is 1.79. The summed E-state index contributed by atoms with van der Waals surface area (Å²) in [6.07, 6.45) is 3.26. The highest BCUT2D eigenvalue weighted by molar-refractivity contribution is 7.99. The Labute approximate surface area is 193 Å². The quantitative estimate of drug-likeness (QED) is 0.380. The van der Waals surface area contributed by atoms with Crippen LogP contribution in [0.2, 0.25) is 0 Å². The Morgan fingerprint density at radius 3 is 2.69 bits per heavy atom. The average molecular weight is 468 g/mol. The first kappa shape index (κ1) is 22.1. The molecule has 4 aromatic rings. The molecule has 0 aliphatic carbocycles. The second kappa shape index (κ2) is 10.4. The van der Waals surface area contributed by atoms with Gasteiger partial charge in [-0.05, 0) is 48.5 Å². The number of nitrogens with zero attached hydrogens (tertiary/aromatic N) is 5. The number of aryl methyl sites for hydroxylation is 1. The minimum Gasteiger partial charge on any atom is -0.377 e. The highest BCUT2D eigenvalue weighted by Crippen LogP contribution is 2.33. The number of ether oxygens (including phenoxy) is 1. The molecule has 0 aliphatic heterocycles. The van der Waals surface area contributed by atoms with Gasteiger partial charge in [0.05, 0.1) is 6.61 Å². The second-order valence-electron chi connectivity index (χ2n) is 6.60. The summed E-state index contributed by atoms with van der Waals surface area (Å²) in [5, 5.41) is 16.0. The lowest BCUT2D eigenvalue weighted by Crippen LogP contribution is -2.16. The monoisotopic (exact) mass is 467 g/mol. The third kappa shape index (κ3) is 5.75. The zero-order valence-electron chi connectivity index (χ0n) is 17.5. The molecule has 1 amide bonds. The fraction of sp³-hybridized carbons (Fsp3) is 0.190. The van der Waals surface area contributed by atoms with Crippen LogP contribution >= 0.6 is 23.5 Å². The van der Waals surface area contributed by atoms with Crippen molar-refractivity contribution in [3.8, 4) is 0 Å². The van der Waals surface area contributed by atoms with E-state index in [9.17, 15) is 4.79 Å². The topological polar surface area (TPSA) is 111 Å². The van der Waals surface area contributed by atoms with E-state index in [1.54, 1.807) is 24.0 Å². The largest absolute Gasteiger partial charge is 0.377 e. The fourth-order valence-corrected chi connectivity index (χ4v) is 4.30. The summed E-state index contributed by atoms with van der Waals surface area (Å²) in [5.74, 6) is 0.128. The van der Waals surface area contributed by atoms with E-state index in [4.69, 9.17) is 4.74 Å². The van der Waals surface area contributed by atoms with Crippen molar-refractivity contribution >= 4 is 35.2 Å². The molecule has 9 nitrogen and oxygen atoms in total. The molecule has 0 unspecified atom stereocenters. The molecule has 3 aromatic heterocycles. The Hall–Kier alpha value is -3.15. The van der Waals surface area contributed by atoms with Crippen LogP contribution < -0.4 is 5.32 Å². The first-order valence-corrected chi connectivity index (χ1v) is 11.4. The molecule has 4 rings (SSSR count). The van der Waals surface area contributed by atoms with Crippen LogP contribution in [0, 0.1) is 0 Å². The number of H-pyrrole nitrogens is 1. The fourth-order valence-electron chi connectivity index (χ4n) is 2.73. The molecule has 0 radical (unpaired) electrons. The lowest BCUT2D eigenvalue weighted by Gasteiger charge is -2.10. The summed E-state index contributed by atoms with van der Waals surface area (Å²) in [6.45, 7) is 3.22. The number of nitrogens with one attached hydrogen (secondary N) is 2. The van der Waals surface area contributed by atoms with Gasteiger partial charge in [-0.1, -0.05) is 23.9 Å². The van der Waals surface area contributed by atoms with Gasteiger partial charge in [-0.3, -0.25) is 9.48 Å². The third-order valence-electron chi connectivity index (χ3n) is 4.22. The predicted molar refractivity (Wildman–Crippen MR) is 122 cm³/mol. The highest BCUT2D eigenvalue weighted by atomic mass is 32.2. The molecule has 11 heteroatoms. The number of amides is 1. The SMILES string of the molecule is CCOCc1ccc(Sc2ccc(Sc3nnc[nH]3)nc2C(=O)Nc2ccn(C)n2)cc1. The van der Waals surface area contributed by atoms with Crippen molar-refractivity contribution in [1.82, 2.24) is 29.9 Å². The molecular weight excluding hydrogens is 446 g/mol. The number of benzene rings is 1. The number of pyridine rings is 1. The molecule has 0 aliphatic rings. The van der Waals surface area contributed by atoms with Crippen LogP contribution in [-0.4, -0.2) is 42.5 Å². The Morgan fingerprint density at radius 1 is 1.16 bits per heavy atom. The van der Waals surface area contributed by atoms with E-state index in [1.807, 2.05) is 43.3 Å². The summed E-state index contributed by atoms with van der Waals surface area (Å²) < 4.78 is 7.07. The molecule has 0 fully saturated rings. The van der Waals surface area contributed by atoms with Crippen molar-refractivity contribution in [2.75, 3.05) is 11.9 Å². The van der Waals surface area contributed by atoms with Crippen LogP contribution in [0.25, 0.3) is 0 Å². The number of carbonyl (C=O) groups is 1. The van der Waals surface area contributed by atoms with Crippen molar-refractivity contribution in [2.24, 2.45) is 7.05 Å². The standard InChI is InChI=1S/C21H21N7O2S2/c1-3-30-12-14-4-6-15(7-5-14)31-16-8-9-18(32-21-22-13-23-26-21)25-19(16)20(29)24-17-10-11-28(2)27-17/h4-11,13H,3,12H2,1-2H3,(H,22,23,26)(H,24,27,29). The van der Waals surface area contributed by atoms with E-state index >= 15 is 0 Å². The molecule has 1 aromatic carbocycles. The molecule has 0 atom stereocenters.